The number of nitrogens with one attached hydrogen (secondary N) is 1. The minimum atomic E-state index is -2.82. The molecule has 1 aliphatic carbocycles. The van der Waals surface area contributed by atoms with Crippen molar-refractivity contribution in [3.63, 3.8) is 0 Å². The largest absolute Gasteiger partial charge is 0.301 e. The number of hydrogen-bond acceptors (Lipinski definition) is 3. The average molecular weight is 228 g/mol. The van der Waals surface area contributed by atoms with Crippen LogP contribution in [-0.2, 0) is 10.3 Å². The Hall–Kier alpha value is -0.670. The molecule has 0 saturated heterocycles. The highest BCUT2D eigenvalue weighted by atomic mass is 32.1. The third-order valence-corrected chi connectivity index (χ3v) is 3.93. The molecule has 1 heterocycles. The fraction of sp³-hybridized carbons (Fsp3) is 0.583. The van der Waals surface area contributed by atoms with Gasteiger partial charge in [-0.1, -0.05) is 19.3 Å². The maximum absolute atomic E-state index is 12.4. The Kier molecular flexibility index (Phi) is 1.83. The molecule has 0 bridgehead atoms. The van der Waals surface area contributed by atoms with Crippen molar-refractivity contribution in [1.82, 2.24) is 5.32 Å². The van der Waals surface area contributed by atoms with Gasteiger partial charge in [-0.25, -0.2) is 0 Å². The third kappa shape index (κ3) is 1.86. The topological polar surface area (TPSA) is 29.1 Å². The molecule has 82 valence electrons. The predicted octanol–water partition coefficient (Wildman–Crippen LogP) is 2.70. The molecule has 0 aliphatic heterocycles. The van der Waals surface area contributed by atoms with E-state index >= 15 is 0 Å². The highest BCUT2D eigenvalue weighted by Gasteiger charge is 2.41. The van der Waals surface area contributed by atoms with Gasteiger partial charge in [-0.2, -0.15) is 0 Å². The summed E-state index contributed by atoms with van der Waals surface area (Å²) in [6, 6.07) is 3.55. The number of carbonyl (C=O) groups excluding carboxylic acids is 1. The predicted molar refractivity (Wildman–Crippen MR) is 63.1 cm³/mol. The minimum Gasteiger partial charge on any atom is -0.301 e. The van der Waals surface area contributed by atoms with Crippen LogP contribution in [-0.4, -0.2) is 12.3 Å². The molecule has 1 aromatic heterocycles. The van der Waals surface area contributed by atoms with Crippen LogP contribution in [0.25, 0.3) is 0 Å². The number of Topliss-reactive ketones (excluding diaryl/α,β-unsaturated/α-hetero) is 1. The lowest BCUT2D eigenvalue weighted by molar-refractivity contribution is -0.127. The van der Waals surface area contributed by atoms with Crippen molar-refractivity contribution < 1.29 is 11.6 Å². The van der Waals surface area contributed by atoms with E-state index in [0.717, 1.165) is 12.8 Å². The molecule has 0 spiro atoms. The second-order valence-corrected chi connectivity index (χ2v) is 4.71. The van der Waals surface area contributed by atoms with Crippen LogP contribution >= 0.6 is 11.3 Å². The molecule has 1 atom stereocenters. The average Bonchev–Trinajstić information content (AvgIpc) is 2.84. The van der Waals surface area contributed by atoms with Crippen molar-refractivity contribution in [2.75, 3.05) is 6.50 Å². The minimum absolute atomic E-state index is 0.126. The molecule has 2 rings (SSSR count). The van der Waals surface area contributed by atoms with Crippen molar-refractivity contribution in [2.24, 2.45) is 0 Å². The van der Waals surface area contributed by atoms with Gasteiger partial charge in [0.25, 0.3) is 0 Å². The van der Waals surface area contributed by atoms with Gasteiger partial charge in [0.1, 0.15) is 5.54 Å². The van der Waals surface area contributed by atoms with Gasteiger partial charge in [0.2, 0.25) is 0 Å². The summed E-state index contributed by atoms with van der Waals surface area (Å²) in [5.41, 5.74) is -1.20. The standard InChI is InChI=1S/C12H17NOS/c1-2-13-12(11-7-5-9-15-11)8-4-3-6-10(12)14/h5,7,9,13H,2-4,6,8H2,1H3/i1D3,2D2. The second-order valence-electron chi connectivity index (χ2n) is 3.76. The van der Waals surface area contributed by atoms with Gasteiger partial charge >= 0.3 is 0 Å². The highest BCUT2D eigenvalue weighted by molar-refractivity contribution is 7.10. The smallest absolute Gasteiger partial charge is 0.158 e. The molecule has 1 unspecified atom stereocenters. The highest BCUT2D eigenvalue weighted by Crippen LogP contribution is 2.36. The van der Waals surface area contributed by atoms with Crippen molar-refractivity contribution in [1.29, 1.82) is 0 Å². The summed E-state index contributed by atoms with van der Waals surface area (Å²) < 4.78 is 37.5. The Morgan fingerprint density at radius 1 is 1.73 bits per heavy atom. The van der Waals surface area contributed by atoms with Crippen molar-refractivity contribution in [3.05, 3.63) is 22.4 Å². The van der Waals surface area contributed by atoms with Crippen LogP contribution in [0.2, 0.25) is 0 Å². The lowest BCUT2D eigenvalue weighted by atomic mass is 9.79. The summed E-state index contributed by atoms with van der Waals surface area (Å²) in [5.74, 6) is -0.126. The van der Waals surface area contributed by atoms with E-state index in [2.05, 4.69) is 5.32 Å². The fourth-order valence-electron chi connectivity index (χ4n) is 2.11. The maximum Gasteiger partial charge on any atom is 0.158 e. The van der Waals surface area contributed by atoms with E-state index in [-0.39, 0.29) is 5.78 Å². The zero-order valence-corrected chi connectivity index (χ0v) is 9.19. The first-order valence-corrected chi connectivity index (χ1v) is 5.94. The molecule has 1 fully saturated rings. The van der Waals surface area contributed by atoms with Crippen LogP contribution in [0, 0.1) is 0 Å². The first kappa shape index (κ1) is 6.16. The number of thiophene rings is 1. The third-order valence-electron chi connectivity index (χ3n) is 2.90. The summed E-state index contributed by atoms with van der Waals surface area (Å²) in [6.07, 6.45) is 2.32. The van der Waals surface area contributed by atoms with Crippen molar-refractivity contribution in [2.45, 2.75) is 38.1 Å². The Morgan fingerprint density at radius 2 is 2.67 bits per heavy atom. The quantitative estimate of drug-likeness (QED) is 0.862. The van der Waals surface area contributed by atoms with Gasteiger partial charge in [-0.3, -0.25) is 4.79 Å². The van der Waals surface area contributed by atoms with Crippen LogP contribution in [0.3, 0.4) is 0 Å². The summed E-state index contributed by atoms with van der Waals surface area (Å²) in [7, 11) is 0. The Labute approximate surface area is 102 Å². The summed E-state index contributed by atoms with van der Waals surface area (Å²) >= 11 is 1.35. The molecule has 0 radical (unpaired) electrons. The zero-order valence-electron chi connectivity index (χ0n) is 13.4. The zero-order chi connectivity index (χ0) is 15.0. The van der Waals surface area contributed by atoms with Gasteiger partial charge in [-0.15, -0.1) is 11.3 Å². The number of ketones is 1. The van der Waals surface area contributed by atoms with Crippen LogP contribution < -0.4 is 5.32 Å². The molecule has 2 nitrogen and oxygen atoms in total. The Balaban J connectivity index is 2.41. The molecule has 3 heteroatoms. The number of hydrogen-bond donors (Lipinski definition) is 1. The SMILES string of the molecule is [2H]C([2H])([2H])C([2H])([2H])NC1(c2cccs2)CCCCC1=O. The number of carbonyl (C=O) groups is 1. The molecule has 1 aromatic rings. The van der Waals surface area contributed by atoms with Gasteiger partial charge < -0.3 is 5.32 Å². The molecule has 15 heavy (non-hydrogen) atoms. The fourth-order valence-corrected chi connectivity index (χ4v) is 3.04. The number of rotatable bonds is 3. The monoisotopic (exact) mass is 228 g/mol. The van der Waals surface area contributed by atoms with Crippen molar-refractivity contribution >= 4 is 17.1 Å². The van der Waals surface area contributed by atoms with Gasteiger partial charge in [-0.05, 0) is 30.8 Å². The second kappa shape index (κ2) is 4.45. The molecule has 0 aromatic carbocycles. The summed E-state index contributed by atoms with van der Waals surface area (Å²) in [4.78, 5) is 13.1. The van der Waals surface area contributed by atoms with E-state index in [0.29, 0.717) is 17.7 Å². The summed E-state index contributed by atoms with van der Waals surface area (Å²) in [6.45, 7) is -5.43. The van der Waals surface area contributed by atoms with E-state index in [1.165, 1.54) is 11.3 Å². The van der Waals surface area contributed by atoms with Gasteiger partial charge in [0.05, 0.1) is 0 Å². The van der Waals surface area contributed by atoms with Crippen LogP contribution in [0.1, 0.15) is 44.3 Å². The lowest BCUT2D eigenvalue weighted by Gasteiger charge is -2.35. The lowest BCUT2D eigenvalue weighted by Crippen LogP contribution is -2.50. The molecule has 1 N–H and O–H groups in total. The van der Waals surface area contributed by atoms with E-state index < -0.39 is 18.9 Å². The van der Waals surface area contributed by atoms with E-state index in [1.54, 1.807) is 12.1 Å². The Morgan fingerprint density at radius 3 is 3.33 bits per heavy atom. The van der Waals surface area contributed by atoms with E-state index in [9.17, 15) is 4.79 Å². The normalized spacial score (nSPS) is 33.6. The van der Waals surface area contributed by atoms with E-state index in [1.807, 2.05) is 5.38 Å². The van der Waals surface area contributed by atoms with Crippen LogP contribution in [0.5, 0.6) is 0 Å². The van der Waals surface area contributed by atoms with Crippen LogP contribution in [0.15, 0.2) is 17.5 Å². The van der Waals surface area contributed by atoms with Crippen molar-refractivity contribution in [3.8, 4) is 0 Å². The first-order chi connectivity index (χ1) is 9.19. The van der Waals surface area contributed by atoms with Gasteiger partial charge in [0, 0.05) is 18.2 Å². The molecule has 1 saturated carbocycles. The number of likely N-dealkylation sites (N-methyl/N-ethyl adjacent to an activating group) is 1. The van der Waals surface area contributed by atoms with Crippen LogP contribution in [0.4, 0.5) is 0 Å². The first-order valence-electron chi connectivity index (χ1n) is 7.56. The molecule has 0 amide bonds. The molecular formula is C12H17NOS. The molecule has 1 aliphatic rings. The van der Waals surface area contributed by atoms with Gasteiger partial charge in [0.15, 0.2) is 5.78 Å². The Bertz CT molecular complexity index is 485. The maximum atomic E-state index is 12.4. The molecular weight excluding hydrogens is 206 g/mol. The summed E-state index contributed by atoms with van der Waals surface area (Å²) in [5, 5.41) is 4.34. The van der Waals surface area contributed by atoms with E-state index in [4.69, 9.17) is 6.85 Å².